The lowest BCUT2D eigenvalue weighted by molar-refractivity contribution is 0.670. The minimum absolute atomic E-state index is 0.534. The largest absolute Gasteiger partial charge is 0.455 e. The van der Waals surface area contributed by atoms with Crippen LogP contribution >= 0.6 is 0 Å². The Balaban J connectivity index is 0.948. The van der Waals surface area contributed by atoms with Gasteiger partial charge in [0.25, 0.3) is 0 Å². The van der Waals surface area contributed by atoms with E-state index in [-0.39, 0.29) is 0 Å². The van der Waals surface area contributed by atoms with E-state index < -0.39 is 5.41 Å². The maximum atomic E-state index is 6.56. The molecule has 11 aromatic carbocycles. The van der Waals surface area contributed by atoms with Gasteiger partial charge >= 0.3 is 0 Å². The Bertz CT molecular complexity index is 4170. The van der Waals surface area contributed by atoms with Gasteiger partial charge in [-0.3, -0.25) is 0 Å². The highest BCUT2D eigenvalue weighted by molar-refractivity contribution is 6.16. The smallest absolute Gasteiger partial charge is 0.143 e. The van der Waals surface area contributed by atoms with Crippen molar-refractivity contribution in [1.29, 1.82) is 0 Å². The summed E-state index contributed by atoms with van der Waals surface area (Å²) in [6, 6.07) is 93.5. The van der Waals surface area contributed by atoms with Gasteiger partial charge in [-0.2, -0.15) is 0 Å². The van der Waals surface area contributed by atoms with Gasteiger partial charge in [0.15, 0.2) is 0 Å². The number of nitrogens with zero attached hydrogens (tertiary/aromatic N) is 2. The maximum absolute atomic E-state index is 6.56. The predicted octanol–water partition coefficient (Wildman–Crippen LogP) is 17.8. The van der Waals surface area contributed by atoms with Crippen molar-refractivity contribution in [2.24, 2.45) is 0 Å². The number of furan rings is 1. The van der Waals surface area contributed by atoms with Crippen LogP contribution in [0.5, 0.6) is 0 Å². The molecule has 13 aromatic rings. The first-order valence-corrected chi connectivity index (χ1v) is 24.2. The van der Waals surface area contributed by atoms with Crippen LogP contribution in [0.25, 0.3) is 93.9 Å². The number of para-hydroxylation sites is 4. The number of benzene rings is 11. The van der Waals surface area contributed by atoms with Crippen molar-refractivity contribution in [2.45, 2.75) is 5.41 Å². The van der Waals surface area contributed by atoms with Gasteiger partial charge in [-0.05, 0) is 116 Å². The van der Waals surface area contributed by atoms with Crippen LogP contribution in [-0.2, 0) is 5.41 Å². The van der Waals surface area contributed by atoms with Crippen molar-refractivity contribution in [3.8, 4) is 50.2 Å². The second kappa shape index (κ2) is 14.9. The molecule has 0 saturated carbocycles. The van der Waals surface area contributed by atoms with Gasteiger partial charge in [0.1, 0.15) is 11.2 Å². The van der Waals surface area contributed by atoms with Gasteiger partial charge in [-0.15, -0.1) is 0 Å². The Morgan fingerprint density at radius 2 is 0.829 bits per heavy atom. The highest BCUT2D eigenvalue weighted by Gasteiger charge is 2.53. The lowest BCUT2D eigenvalue weighted by Crippen LogP contribution is -2.28. The van der Waals surface area contributed by atoms with E-state index in [0.717, 1.165) is 55.8 Å². The van der Waals surface area contributed by atoms with Gasteiger partial charge in [0.05, 0.1) is 22.1 Å². The molecule has 2 aliphatic carbocycles. The minimum atomic E-state index is -0.534. The molecule has 0 unspecified atom stereocenters. The molecule has 3 nitrogen and oxygen atoms in total. The molecule has 0 saturated heterocycles. The molecule has 0 bridgehead atoms. The number of fused-ring (bicyclic) bond motifs is 16. The first-order chi connectivity index (χ1) is 34.8. The fraction of sp³-hybridized carbons (Fsp3) is 0.0149. The van der Waals surface area contributed by atoms with Crippen LogP contribution in [-0.4, -0.2) is 4.57 Å². The summed E-state index contributed by atoms with van der Waals surface area (Å²) in [5.74, 6) is 0. The molecule has 0 fully saturated rings. The van der Waals surface area contributed by atoms with E-state index in [0.29, 0.717) is 0 Å². The molecule has 0 aliphatic heterocycles. The summed E-state index contributed by atoms with van der Waals surface area (Å²) in [4.78, 5) is 2.49. The van der Waals surface area contributed by atoms with Crippen LogP contribution in [0.2, 0.25) is 0 Å². The quantitative estimate of drug-likeness (QED) is 0.166. The molecule has 0 radical (unpaired) electrons. The number of rotatable bonds is 6. The molecular formula is C67H42N2O. The Kier molecular flexibility index (Phi) is 8.28. The Hall–Kier alpha value is -9.18. The fourth-order valence-corrected chi connectivity index (χ4v) is 12.4. The molecule has 0 N–H and O–H groups in total. The summed E-state index contributed by atoms with van der Waals surface area (Å²) in [5.41, 5.74) is 23.0. The van der Waals surface area contributed by atoms with Crippen molar-refractivity contribution >= 4 is 60.8 Å². The van der Waals surface area contributed by atoms with Crippen LogP contribution in [0, 0.1) is 0 Å². The maximum Gasteiger partial charge on any atom is 0.143 e. The highest BCUT2D eigenvalue weighted by atomic mass is 16.3. The zero-order chi connectivity index (χ0) is 45.9. The summed E-state index contributed by atoms with van der Waals surface area (Å²) < 4.78 is 8.95. The summed E-state index contributed by atoms with van der Waals surface area (Å²) >= 11 is 0. The van der Waals surface area contributed by atoms with Crippen LogP contribution < -0.4 is 4.90 Å². The first kappa shape index (κ1) is 38.9. The van der Waals surface area contributed by atoms with E-state index in [1.165, 1.54) is 77.4 Å². The minimum Gasteiger partial charge on any atom is -0.455 e. The zero-order valence-corrected chi connectivity index (χ0v) is 38.1. The third-order valence-corrected chi connectivity index (χ3v) is 15.2. The molecule has 3 heteroatoms. The molecule has 0 atom stereocenters. The molecule has 1 spiro atoms. The van der Waals surface area contributed by atoms with E-state index in [4.69, 9.17) is 4.42 Å². The molecule has 15 rings (SSSR count). The third kappa shape index (κ3) is 5.34. The van der Waals surface area contributed by atoms with Crippen LogP contribution in [0.4, 0.5) is 17.1 Å². The molecule has 326 valence electrons. The van der Waals surface area contributed by atoms with Crippen LogP contribution in [0.1, 0.15) is 22.3 Å². The van der Waals surface area contributed by atoms with Crippen LogP contribution in [0.3, 0.4) is 0 Å². The van der Waals surface area contributed by atoms with Gasteiger partial charge in [-0.25, -0.2) is 0 Å². The fourth-order valence-electron chi connectivity index (χ4n) is 12.4. The van der Waals surface area contributed by atoms with Crippen molar-refractivity contribution < 1.29 is 4.42 Å². The Morgan fingerprint density at radius 1 is 0.343 bits per heavy atom. The summed E-state index contributed by atoms with van der Waals surface area (Å²) in [5, 5.41) is 4.75. The molecule has 2 aromatic heterocycles. The Morgan fingerprint density at radius 3 is 1.53 bits per heavy atom. The van der Waals surface area contributed by atoms with Crippen molar-refractivity contribution in [1.82, 2.24) is 4.57 Å². The molecule has 70 heavy (non-hydrogen) atoms. The van der Waals surface area contributed by atoms with Gasteiger partial charge in [0, 0.05) is 49.7 Å². The topological polar surface area (TPSA) is 21.3 Å². The van der Waals surface area contributed by atoms with E-state index in [9.17, 15) is 0 Å². The lowest BCUT2D eigenvalue weighted by Gasteiger charge is -2.36. The van der Waals surface area contributed by atoms with Gasteiger partial charge in [-0.1, -0.05) is 194 Å². The van der Waals surface area contributed by atoms with Gasteiger partial charge < -0.3 is 13.9 Å². The summed E-state index contributed by atoms with van der Waals surface area (Å²) in [6.45, 7) is 0. The second-order valence-electron chi connectivity index (χ2n) is 18.7. The summed E-state index contributed by atoms with van der Waals surface area (Å²) in [7, 11) is 0. The predicted molar refractivity (Wildman–Crippen MR) is 290 cm³/mol. The second-order valence-corrected chi connectivity index (χ2v) is 18.7. The SMILES string of the molecule is c1ccc(-n2c3ccccc3c3c(-c4ccc(N(c5ccc(-c6cccc7c6oc6ccccc67)cc5)c5cccc6c5C5(c7ccccc7-c7ccccc75)c5ccccc5-6)cc4)cccc32)cc1. The zero-order valence-electron chi connectivity index (χ0n) is 38.1. The van der Waals surface area contributed by atoms with E-state index >= 15 is 0 Å². The molecule has 2 heterocycles. The molecule has 0 amide bonds. The number of aromatic nitrogens is 1. The molecular weight excluding hydrogens is 849 g/mol. The third-order valence-electron chi connectivity index (χ3n) is 15.2. The van der Waals surface area contributed by atoms with Crippen molar-refractivity contribution in [2.75, 3.05) is 4.90 Å². The average molecular weight is 891 g/mol. The average Bonchev–Trinajstić information content (AvgIpc) is 4.16. The van der Waals surface area contributed by atoms with Gasteiger partial charge in [0.2, 0.25) is 0 Å². The van der Waals surface area contributed by atoms with E-state index in [2.05, 4.69) is 258 Å². The summed E-state index contributed by atoms with van der Waals surface area (Å²) in [6.07, 6.45) is 0. The molecule has 2 aliphatic rings. The highest BCUT2D eigenvalue weighted by Crippen LogP contribution is 2.65. The number of hydrogen-bond donors (Lipinski definition) is 0. The van der Waals surface area contributed by atoms with Crippen molar-refractivity contribution in [3.05, 3.63) is 277 Å². The standard InChI is InChI=1S/C67H42N2O/c1-2-17-45(18-3-1)69-60-31-12-7-23-56(60)64-48(24-15-32-61(64)69)43-35-39-46(40-36-43)68(47-41-37-44(38-42-47)49-25-14-27-55-53-22-8-13-34-63(53)70-66(49)55)62-33-16-26-54-52-21-6-11-30-59(52)67(65(54)62)57-28-9-4-19-50(57)51-20-5-10-29-58(51)67/h1-42H. The van der Waals surface area contributed by atoms with Crippen molar-refractivity contribution in [3.63, 3.8) is 0 Å². The number of hydrogen-bond acceptors (Lipinski definition) is 2. The van der Waals surface area contributed by atoms with E-state index in [1.807, 2.05) is 6.07 Å². The first-order valence-electron chi connectivity index (χ1n) is 24.2. The normalized spacial score (nSPS) is 13.0. The monoisotopic (exact) mass is 890 g/mol. The number of anilines is 3. The van der Waals surface area contributed by atoms with Crippen LogP contribution in [0.15, 0.2) is 259 Å². The Labute approximate surface area is 405 Å². The van der Waals surface area contributed by atoms with E-state index in [1.54, 1.807) is 0 Å². The lowest BCUT2D eigenvalue weighted by atomic mass is 9.70.